The minimum Gasteiger partial charge on any atom is -0.321 e. The van der Waals surface area contributed by atoms with Crippen LogP contribution < -0.4 is 5.32 Å². The predicted octanol–water partition coefficient (Wildman–Crippen LogP) is 4.53. The Balaban J connectivity index is 2.33. The summed E-state index contributed by atoms with van der Waals surface area (Å²) < 4.78 is 0.702. The number of nitriles is 1. The van der Waals surface area contributed by atoms with E-state index >= 15 is 0 Å². The molecule has 0 fully saturated rings. The Morgan fingerprint density at radius 1 is 1.30 bits per heavy atom. The smallest absolute Gasteiger partial charge is 0.256 e. The fraction of sp³-hybridized carbons (Fsp3) is 0.0667. The Labute approximate surface area is 130 Å². The average molecular weight is 350 g/mol. The molecule has 0 radical (unpaired) electrons. The molecule has 0 spiro atoms. The normalized spacial score (nSPS) is 9.90. The summed E-state index contributed by atoms with van der Waals surface area (Å²) in [5.74, 6) is -0.280. The van der Waals surface area contributed by atoms with Crippen LogP contribution in [-0.2, 0) is 0 Å². The zero-order valence-electron chi connectivity index (χ0n) is 10.6. The molecule has 2 rings (SSSR count). The minimum absolute atomic E-state index is 0.280. The first-order valence-electron chi connectivity index (χ1n) is 5.78. The molecular weight excluding hydrogens is 340 g/mol. The van der Waals surface area contributed by atoms with E-state index in [9.17, 15) is 4.79 Å². The molecule has 0 heterocycles. The molecule has 3 nitrogen and oxygen atoms in total. The average Bonchev–Trinajstić information content (AvgIpc) is 2.43. The Bertz CT molecular complexity index is 722. The fourth-order valence-corrected chi connectivity index (χ4v) is 2.28. The highest BCUT2D eigenvalue weighted by molar-refractivity contribution is 9.10. The molecule has 0 aromatic heterocycles. The van der Waals surface area contributed by atoms with Gasteiger partial charge in [-0.15, -0.1) is 0 Å². The van der Waals surface area contributed by atoms with Gasteiger partial charge in [0.25, 0.3) is 5.91 Å². The molecule has 0 aliphatic heterocycles. The van der Waals surface area contributed by atoms with Gasteiger partial charge in [0.15, 0.2) is 0 Å². The van der Waals surface area contributed by atoms with E-state index in [0.717, 1.165) is 5.56 Å². The summed E-state index contributed by atoms with van der Waals surface area (Å²) in [6.07, 6.45) is 0. The van der Waals surface area contributed by atoms with E-state index in [-0.39, 0.29) is 5.91 Å². The number of nitrogens with one attached hydrogen (secondary N) is 1. The lowest BCUT2D eigenvalue weighted by Crippen LogP contribution is -2.13. The first-order valence-corrected chi connectivity index (χ1v) is 6.95. The number of anilines is 1. The van der Waals surface area contributed by atoms with Gasteiger partial charge in [-0.2, -0.15) is 5.26 Å². The number of rotatable bonds is 2. The molecule has 1 amide bonds. The van der Waals surface area contributed by atoms with Crippen LogP contribution >= 0.6 is 27.5 Å². The van der Waals surface area contributed by atoms with Crippen LogP contribution in [0.1, 0.15) is 21.5 Å². The van der Waals surface area contributed by atoms with Crippen molar-refractivity contribution in [2.24, 2.45) is 0 Å². The van der Waals surface area contributed by atoms with Crippen LogP contribution in [0.4, 0.5) is 5.69 Å². The fourth-order valence-electron chi connectivity index (χ4n) is 1.69. The molecule has 0 unspecified atom stereocenters. The van der Waals surface area contributed by atoms with Gasteiger partial charge >= 0.3 is 0 Å². The zero-order chi connectivity index (χ0) is 14.7. The Morgan fingerprint density at radius 3 is 2.75 bits per heavy atom. The van der Waals surface area contributed by atoms with Crippen molar-refractivity contribution in [3.05, 3.63) is 62.6 Å². The first kappa shape index (κ1) is 14.6. The molecule has 0 bridgehead atoms. The van der Waals surface area contributed by atoms with Crippen molar-refractivity contribution in [2.45, 2.75) is 6.92 Å². The number of nitrogens with zero attached hydrogens (tertiary/aromatic N) is 1. The van der Waals surface area contributed by atoms with Crippen molar-refractivity contribution >= 4 is 39.1 Å². The van der Waals surface area contributed by atoms with E-state index in [1.54, 1.807) is 24.3 Å². The standard InChI is InChI=1S/C15H10BrClN2O/c1-9-2-4-12(16)11(6-9)15(20)19-14-7-10(8-18)3-5-13(14)17/h2-7H,1H3,(H,19,20). The van der Waals surface area contributed by atoms with Gasteiger partial charge in [0.2, 0.25) is 0 Å². The maximum Gasteiger partial charge on any atom is 0.256 e. The Hall–Kier alpha value is -1.83. The third-order valence-electron chi connectivity index (χ3n) is 2.71. The molecule has 0 saturated carbocycles. The van der Waals surface area contributed by atoms with E-state index in [1.165, 1.54) is 0 Å². The maximum absolute atomic E-state index is 12.3. The van der Waals surface area contributed by atoms with Gasteiger partial charge in [0.05, 0.1) is 27.9 Å². The SMILES string of the molecule is Cc1ccc(Br)c(C(=O)Nc2cc(C#N)ccc2Cl)c1. The van der Waals surface area contributed by atoms with Gasteiger partial charge in [-0.1, -0.05) is 23.2 Å². The number of carbonyl (C=O) groups is 1. The summed E-state index contributed by atoms with van der Waals surface area (Å²) in [6, 6.07) is 12.2. The van der Waals surface area contributed by atoms with E-state index in [2.05, 4.69) is 21.2 Å². The summed E-state index contributed by atoms with van der Waals surface area (Å²) in [7, 11) is 0. The van der Waals surface area contributed by atoms with Gasteiger partial charge in [-0.25, -0.2) is 0 Å². The van der Waals surface area contributed by atoms with Gasteiger partial charge < -0.3 is 5.32 Å². The summed E-state index contributed by atoms with van der Waals surface area (Å²) in [5.41, 5.74) is 2.36. The molecule has 0 atom stereocenters. The lowest BCUT2D eigenvalue weighted by atomic mass is 10.1. The number of amides is 1. The van der Waals surface area contributed by atoms with Crippen molar-refractivity contribution in [2.75, 3.05) is 5.32 Å². The molecule has 100 valence electrons. The zero-order valence-corrected chi connectivity index (χ0v) is 12.9. The predicted molar refractivity (Wildman–Crippen MR) is 83.0 cm³/mol. The largest absolute Gasteiger partial charge is 0.321 e. The second kappa shape index (κ2) is 6.08. The van der Waals surface area contributed by atoms with Crippen LogP contribution in [0.15, 0.2) is 40.9 Å². The van der Waals surface area contributed by atoms with Crippen LogP contribution in [0.2, 0.25) is 5.02 Å². The summed E-state index contributed by atoms with van der Waals surface area (Å²) >= 11 is 9.36. The van der Waals surface area contributed by atoms with Gasteiger partial charge in [-0.3, -0.25) is 4.79 Å². The number of hydrogen-bond acceptors (Lipinski definition) is 2. The molecule has 2 aromatic rings. The summed E-state index contributed by atoms with van der Waals surface area (Å²) in [6.45, 7) is 1.91. The quantitative estimate of drug-likeness (QED) is 0.865. The summed E-state index contributed by atoms with van der Waals surface area (Å²) in [5, 5.41) is 12.0. The maximum atomic E-state index is 12.3. The van der Waals surface area contributed by atoms with E-state index in [4.69, 9.17) is 16.9 Å². The van der Waals surface area contributed by atoms with Crippen LogP contribution in [-0.4, -0.2) is 5.91 Å². The minimum atomic E-state index is -0.280. The third kappa shape index (κ3) is 3.19. The van der Waals surface area contributed by atoms with Crippen LogP contribution in [0.3, 0.4) is 0 Å². The molecule has 2 aromatic carbocycles. The van der Waals surface area contributed by atoms with Crippen molar-refractivity contribution in [3.63, 3.8) is 0 Å². The van der Waals surface area contributed by atoms with Gasteiger partial charge in [0, 0.05) is 4.47 Å². The Morgan fingerprint density at radius 2 is 2.05 bits per heavy atom. The second-order valence-electron chi connectivity index (χ2n) is 4.24. The monoisotopic (exact) mass is 348 g/mol. The molecule has 0 aliphatic carbocycles. The highest BCUT2D eigenvalue weighted by atomic mass is 79.9. The molecule has 5 heteroatoms. The number of aryl methyl sites for hydroxylation is 1. The topological polar surface area (TPSA) is 52.9 Å². The van der Waals surface area contributed by atoms with Crippen molar-refractivity contribution in [1.29, 1.82) is 5.26 Å². The molecule has 0 aliphatic rings. The Kier molecular flexibility index (Phi) is 4.43. The third-order valence-corrected chi connectivity index (χ3v) is 3.73. The van der Waals surface area contributed by atoms with E-state index in [1.807, 2.05) is 25.1 Å². The van der Waals surface area contributed by atoms with Crippen LogP contribution in [0, 0.1) is 18.3 Å². The second-order valence-corrected chi connectivity index (χ2v) is 5.51. The highest BCUT2D eigenvalue weighted by Gasteiger charge is 2.12. The highest BCUT2D eigenvalue weighted by Crippen LogP contribution is 2.25. The number of halogens is 2. The molecule has 1 N–H and O–H groups in total. The van der Waals surface area contributed by atoms with E-state index in [0.29, 0.717) is 26.3 Å². The first-order chi connectivity index (χ1) is 9.51. The molecular formula is C15H10BrClN2O. The number of benzene rings is 2. The van der Waals surface area contributed by atoms with Crippen LogP contribution in [0.25, 0.3) is 0 Å². The van der Waals surface area contributed by atoms with Crippen molar-refractivity contribution in [3.8, 4) is 6.07 Å². The van der Waals surface area contributed by atoms with Gasteiger partial charge in [0.1, 0.15) is 0 Å². The van der Waals surface area contributed by atoms with E-state index < -0.39 is 0 Å². The summed E-state index contributed by atoms with van der Waals surface area (Å²) in [4.78, 5) is 12.3. The lowest BCUT2D eigenvalue weighted by Gasteiger charge is -2.09. The number of carbonyl (C=O) groups excluding carboxylic acids is 1. The lowest BCUT2D eigenvalue weighted by molar-refractivity contribution is 0.102. The van der Waals surface area contributed by atoms with Crippen molar-refractivity contribution < 1.29 is 4.79 Å². The molecule has 0 saturated heterocycles. The molecule has 20 heavy (non-hydrogen) atoms. The van der Waals surface area contributed by atoms with Gasteiger partial charge in [-0.05, 0) is 53.2 Å². The van der Waals surface area contributed by atoms with Crippen LogP contribution in [0.5, 0.6) is 0 Å². The van der Waals surface area contributed by atoms with Crippen molar-refractivity contribution in [1.82, 2.24) is 0 Å². The number of hydrogen-bond donors (Lipinski definition) is 1.